The maximum atomic E-state index is 11.4. The lowest BCUT2D eigenvalue weighted by molar-refractivity contribution is -0.192. The van der Waals surface area contributed by atoms with Gasteiger partial charge in [-0.15, -0.1) is 0 Å². The smallest absolute Gasteiger partial charge is 0.475 e. The first kappa shape index (κ1) is 41.3. The zero-order valence-corrected chi connectivity index (χ0v) is 32.0. The van der Waals surface area contributed by atoms with E-state index in [1.54, 1.807) is 23.4 Å². The molecule has 0 spiro atoms. The number of fused-ring (bicyclic) bond motifs is 1. The molecule has 2 aliphatic rings. The molecule has 17 heteroatoms. The Hall–Kier alpha value is -5.88. The molecule has 310 valence electrons. The monoisotopic (exact) mass is 813 g/mol. The van der Waals surface area contributed by atoms with E-state index in [-0.39, 0.29) is 18.6 Å². The second-order valence-corrected chi connectivity index (χ2v) is 14.8. The topological polar surface area (TPSA) is 187 Å². The predicted octanol–water partition coefficient (Wildman–Crippen LogP) is 5.38. The van der Waals surface area contributed by atoms with Crippen molar-refractivity contribution >= 4 is 28.9 Å². The summed E-state index contributed by atoms with van der Waals surface area (Å²) in [5.74, 6) is -1.59. The number of likely N-dealkylation sites (tertiary alicyclic amines) is 1. The number of imidazole rings is 1. The Kier molecular flexibility index (Phi) is 12.9. The lowest BCUT2D eigenvalue weighted by Crippen LogP contribution is -2.39. The summed E-state index contributed by atoms with van der Waals surface area (Å²) in [5.41, 5.74) is 5.51. The third kappa shape index (κ3) is 9.88. The molecule has 3 aromatic heterocycles. The number of halogens is 3. The standard InChI is InChI=1S/C40H45N9O3.C2HF3O2/c50-25-28-21-43-49(24-28)34-20-33(36(51)37(34)52)48-26-42-35-38(41-22-32(29-12-6-2-7-13-29)30-14-8-3-9-15-30)45-40(46-39(35)48)44-31-16-18-47(19-17-31)23-27-10-4-1-5-11-27;3-2(4,5)1(6)7/h1-15,21,24,26,31-34,36-37,50-52H,16-20,22-23,25H2,(H2,41,44,45,46);(H,6,7)/t33-,34+,36+,37-;/m1./s1. The predicted molar refractivity (Wildman–Crippen MR) is 213 cm³/mol. The Morgan fingerprint density at radius 1 is 0.847 bits per heavy atom. The number of nitrogens with one attached hydrogen (secondary N) is 2. The molecule has 6 N–H and O–H groups in total. The summed E-state index contributed by atoms with van der Waals surface area (Å²) in [6.45, 7) is 3.29. The number of aliphatic carboxylic acids is 1. The number of carboxylic acids is 1. The molecule has 59 heavy (non-hydrogen) atoms. The van der Waals surface area contributed by atoms with Gasteiger partial charge >= 0.3 is 12.1 Å². The molecular formula is C42H46F3N9O5. The molecule has 4 heterocycles. The fraction of sp³-hybridized carbons (Fsp3) is 0.357. The van der Waals surface area contributed by atoms with Crippen molar-refractivity contribution in [3.8, 4) is 0 Å². The summed E-state index contributed by atoms with van der Waals surface area (Å²) in [7, 11) is 0. The van der Waals surface area contributed by atoms with E-state index in [1.165, 1.54) is 16.7 Å². The van der Waals surface area contributed by atoms with E-state index < -0.39 is 36.4 Å². The Morgan fingerprint density at radius 2 is 1.44 bits per heavy atom. The molecule has 1 aliphatic carbocycles. The van der Waals surface area contributed by atoms with E-state index >= 15 is 0 Å². The van der Waals surface area contributed by atoms with Crippen molar-refractivity contribution < 1.29 is 38.4 Å². The third-order valence-electron chi connectivity index (χ3n) is 10.9. The highest BCUT2D eigenvalue weighted by atomic mass is 19.4. The van der Waals surface area contributed by atoms with Gasteiger partial charge in [0.25, 0.3) is 0 Å². The first-order chi connectivity index (χ1) is 28.5. The van der Waals surface area contributed by atoms with Gasteiger partial charge in [-0.1, -0.05) is 91.0 Å². The second kappa shape index (κ2) is 18.4. The number of hydrogen-bond acceptors (Lipinski definition) is 11. The fourth-order valence-corrected chi connectivity index (χ4v) is 7.77. The first-order valence-corrected chi connectivity index (χ1v) is 19.4. The van der Waals surface area contributed by atoms with Crippen molar-refractivity contribution in [3.63, 3.8) is 0 Å². The van der Waals surface area contributed by atoms with Gasteiger partial charge < -0.3 is 35.6 Å². The number of carboxylic acid groups (broad SMARTS) is 1. The summed E-state index contributed by atoms with van der Waals surface area (Å²) in [4.78, 5) is 26.2. The third-order valence-corrected chi connectivity index (χ3v) is 10.9. The van der Waals surface area contributed by atoms with Crippen LogP contribution in [0.3, 0.4) is 0 Å². The van der Waals surface area contributed by atoms with Gasteiger partial charge in [0.1, 0.15) is 12.2 Å². The number of aromatic nitrogens is 6. The minimum absolute atomic E-state index is 0.0605. The van der Waals surface area contributed by atoms with Crippen molar-refractivity contribution in [1.82, 2.24) is 34.2 Å². The molecular weight excluding hydrogens is 768 g/mol. The molecule has 8 rings (SSSR count). The molecule has 14 nitrogen and oxygen atoms in total. The summed E-state index contributed by atoms with van der Waals surface area (Å²) in [5, 5.41) is 50.9. The normalized spacial score (nSPS) is 20.1. The molecule has 0 bridgehead atoms. The Morgan fingerprint density at radius 3 is 2.02 bits per heavy atom. The molecule has 0 radical (unpaired) electrons. The zero-order valence-electron chi connectivity index (χ0n) is 32.0. The van der Waals surface area contributed by atoms with Crippen molar-refractivity contribution in [2.45, 2.75) is 74.8 Å². The largest absolute Gasteiger partial charge is 0.490 e. The van der Waals surface area contributed by atoms with Crippen LogP contribution in [0.1, 0.15) is 59.5 Å². The highest BCUT2D eigenvalue weighted by Crippen LogP contribution is 2.40. The fourth-order valence-electron chi connectivity index (χ4n) is 7.77. The van der Waals surface area contributed by atoms with Gasteiger partial charge in [-0.25, -0.2) is 9.78 Å². The van der Waals surface area contributed by atoms with Gasteiger partial charge in [0, 0.05) is 49.9 Å². The van der Waals surface area contributed by atoms with E-state index in [4.69, 9.17) is 24.9 Å². The number of aliphatic hydroxyl groups is 3. The summed E-state index contributed by atoms with van der Waals surface area (Å²) < 4.78 is 35.2. The molecule has 1 saturated carbocycles. The van der Waals surface area contributed by atoms with Crippen LogP contribution in [0.2, 0.25) is 0 Å². The quantitative estimate of drug-likeness (QED) is 0.0929. The summed E-state index contributed by atoms with van der Waals surface area (Å²) >= 11 is 0. The van der Waals surface area contributed by atoms with Crippen LogP contribution in [0.4, 0.5) is 24.9 Å². The van der Waals surface area contributed by atoms with Crippen molar-refractivity contribution in [3.05, 3.63) is 132 Å². The van der Waals surface area contributed by atoms with Crippen LogP contribution in [0, 0.1) is 0 Å². The molecule has 0 amide bonds. The molecule has 6 aromatic rings. The maximum absolute atomic E-state index is 11.4. The maximum Gasteiger partial charge on any atom is 0.490 e. The number of aliphatic hydroxyl groups excluding tert-OH is 3. The number of benzene rings is 3. The number of anilines is 2. The van der Waals surface area contributed by atoms with E-state index in [9.17, 15) is 28.5 Å². The molecule has 4 atom stereocenters. The van der Waals surface area contributed by atoms with E-state index in [0.717, 1.165) is 32.5 Å². The highest BCUT2D eigenvalue weighted by molar-refractivity contribution is 5.84. The van der Waals surface area contributed by atoms with Gasteiger partial charge in [0.15, 0.2) is 17.0 Å². The van der Waals surface area contributed by atoms with Gasteiger partial charge in [-0.2, -0.15) is 28.2 Å². The van der Waals surface area contributed by atoms with E-state index in [1.807, 2.05) is 16.7 Å². The molecule has 1 saturated heterocycles. The van der Waals surface area contributed by atoms with Crippen LogP contribution < -0.4 is 10.6 Å². The number of carbonyl (C=O) groups is 1. The summed E-state index contributed by atoms with van der Waals surface area (Å²) in [6, 6.07) is 30.7. The molecule has 3 aromatic carbocycles. The molecule has 2 fully saturated rings. The van der Waals surface area contributed by atoms with Gasteiger partial charge in [0.05, 0.1) is 31.2 Å². The van der Waals surface area contributed by atoms with Crippen LogP contribution in [0.15, 0.2) is 110 Å². The van der Waals surface area contributed by atoms with Crippen molar-refractivity contribution in [1.29, 1.82) is 0 Å². The number of nitrogens with zero attached hydrogens (tertiary/aromatic N) is 7. The number of piperidine rings is 1. The van der Waals surface area contributed by atoms with Crippen LogP contribution in [-0.2, 0) is 17.9 Å². The SMILES string of the molecule is O=C(O)C(F)(F)F.OCc1cnn([C@H]2C[C@@H](n3cnc4c(NCC(c5ccccc5)c5ccccc5)nc(NC5CCN(Cc6ccccc6)CC5)nc43)[C@H](O)[C@@H]2O)c1. The lowest BCUT2D eigenvalue weighted by Gasteiger charge is -2.32. The van der Waals surface area contributed by atoms with Crippen LogP contribution >= 0.6 is 0 Å². The first-order valence-electron chi connectivity index (χ1n) is 19.4. The second-order valence-electron chi connectivity index (χ2n) is 14.8. The lowest BCUT2D eigenvalue weighted by atomic mass is 9.91. The Bertz CT molecular complexity index is 2230. The summed E-state index contributed by atoms with van der Waals surface area (Å²) in [6.07, 6.45) is 0.0537. The Labute approximate surface area is 338 Å². The number of rotatable bonds is 12. The number of hydrogen-bond donors (Lipinski definition) is 6. The highest BCUT2D eigenvalue weighted by Gasteiger charge is 2.44. The van der Waals surface area contributed by atoms with Crippen LogP contribution in [0.5, 0.6) is 0 Å². The average molecular weight is 814 g/mol. The average Bonchev–Trinajstić information content (AvgIpc) is 3.97. The van der Waals surface area contributed by atoms with Crippen molar-refractivity contribution in [2.24, 2.45) is 0 Å². The van der Waals surface area contributed by atoms with Crippen molar-refractivity contribution in [2.75, 3.05) is 30.3 Å². The van der Waals surface area contributed by atoms with E-state index in [2.05, 4.69) is 99.5 Å². The zero-order chi connectivity index (χ0) is 41.5. The van der Waals surface area contributed by atoms with Gasteiger partial charge in [-0.3, -0.25) is 9.58 Å². The van der Waals surface area contributed by atoms with Gasteiger partial charge in [-0.05, 0) is 36.0 Å². The van der Waals surface area contributed by atoms with E-state index in [0.29, 0.717) is 41.5 Å². The number of alkyl halides is 3. The van der Waals surface area contributed by atoms with Crippen LogP contribution in [0.25, 0.3) is 11.2 Å². The minimum atomic E-state index is -5.08. The minimum Gasteiger partial charge on any atom is -0.475 e. The molecule has 1 aliphatic heterocycles. The Balaban J connectivity index is 0.000000694. The molecule has 0 unspecified atom stereocenters. The van der Waals surface area contributed by atoms with Gasteiger partial charge in [0.2, 0.25) is 5.95 Å². The van der Waals surface area contributed by atoms with Crippen LogP contribution in [-0.4, -0.2) is 105 Å².